The van der Waals surface area contributed by atoms with Crippen LogP contribution >= 0.6 is 24.0 Å². The lowest BCUT2D eigenvalue weighted by molar-refractivity contribution is -0.115. The van der Waals surface area contributed by atoms with Gasteiger partial charge in [0, 0.05) is 6.42 Å². The van der Waals surface area contributed by atoms with Crippen LogP contribution in [0.5, 0.6) is 17.2 Å². The predicted octanol–water partition coefficient (Wildman–Crippen LogP) is 5.04. The largest absolute Gasteiger partial charge is 0.493 e. The van der Waals surface area contributed by atoms with E-state index in [1.165, 1.54) is 22.9 Å². The Balaban J connectivity index is 1.56. The molecule has 1 aliphatic heterocycles. The van der Waals surface area contributed by atoms with Gasteiger partial charge in [0.2, 0.25) is 0 Å². The molecule has 0 unspecified atom stereocenters. The smallest absolute Gasteiger partial charge is 0.263 e. The van der Waals surface area contributed by atoms with E-state index in [0.29, 0.717) is 40.5 Å². The maximum Gasteiger partial charge on any atom is 0.263 e. The van der Waals surface area contributed by atoms with E-state index in [1.807, 2.05) is 37.3 Å². The Kier molecular flexibility index (Phi) is 7.76. The Labute approximate surface area is 186 Å². The van der Waals surface area contributed by atoms with E-state index >= 15 is 0 Å². The number of thioether (sulfide) groups is 1. The van der Waals surface area contributed by atoms with Gasteiger partial charge in [-0.2, -0.15) is 0 Å². The lowest BCUT2D eigenvalue weighted by Crippen LogP contribution is -2.17. The number of benzene rings is 2. The van der Waals surface area contributed by atoms with Crippen molar-refractivity contribution in [1.82, 2.24) is 5.32 Å². The maximum absolute atomic E-state index is 11.9. The van der Waals surface area contributed by atoms with E-state index in [4.69, 9.17) is 26.4 Å². The van der Waals surface area contributed by atoms with Crippen molar-refractivity contribution in [2.24, 2.45) is 0 Å². The molecule has 7 heteroatoms. The molecule has 5 nitrogen and oxygen atoms in total. The summed E-state index contributed by atoms with van der Waals surface area (Å²) in [4.78, 5) is 12.4. The number of nitrogens with one attached hydrogen (secondary N) is 1. The van der Waals surface area contributed by atoms with Gasteiger partial charge in [0.05, 0.1) is 24.7 Å². The van der Waals surface area contributed by atoms with Crippen LogP contribution < -0.4 is 19.5 Å². The second kappa shape index (κ2) is 10.5. The highest BCUT2D eigenvalue weighted by Gasteiger charge is 2.22. The summed E-state index contributed by atoms with van der Waals surface area (Å²) in [5.41, 5.74) is 3.32. The number of ether oxygens (including phenoxy) is 3. The molecule has 1 heterocycles. The zero-order valence-electron chi connectivity index (χ0n) is 17.3. The molecule has 0 aromatic heterocycles. The summed E-state index contributed by atoms with van der Waals surface area (Å²) in [6.07, 6.45) is 2.54. The summed E-state index contributed by atoms with van der Waals surface area (Å²) in [7, 11) is 0. The highest BCUT2D eigenvalue weighted by atomic mass is 32.2. The van der Waals surface area contributed by atoms with Gasteiger partial charge < -0.3 is 19.5 Å². The summed E-state index contributed by atoms with van der Waals surface area (Å²) in [6.45, 7) is 7.68. The molecule has 2 aromatic rings. The van der Waals surface area contributed by atoms with Crippen molar-refractivity contribution in [2.75, 3.05) is 19.8 Å². The van der Waals surface area contributed by atoms with Crippen LogP contribution in [0.4, 0.5) is 0 Å². The van der Waals surface area contributed by atoms with Crippen molar-refractivity contribution in [3.63, 3.8) is 0 Å². The number of aryl methyl sites for hydroxylation is 2. The van der Waals surface area contributed by atoms with Gasteiger partial charge in [-0.15, -0.1) is 0 Å². The third-order valence-corrected chi connectivity index (χ3v) is 5.66. The molecule has 0 aliphatic carbocycles. The third-order valence-electron chi connectivity index (χ3n) is 4.50. The number of amides is 1. The Morgan fingerprint density at radius 1 is 1.00 bits per heavy atom. The van der Waals surface area contributed by atoms with Gasteiger partial charge in [-0.25, -0.2) is 0 Å². The summed E-state index contributed by atoms with van der Waals surface area (Å²) < 4.78 is 17.9. The van der Waals surface area contributed by atoms with Crippen molar-refractivity contribution in [3.05, 3.63) is 58.0 Å². The Morgan fingerprint density at radius 2 is 1.80 bits per heavy atom. The van der Waals surface area contributed by atoms with Gasteiger partial charge in [0.15, 0.2) is 11.5 Å². The highest BCUT2D eigenvalue weighted by molar-refractivity contribution is 8.26. The molecule has 1 saturated heterocycles. The summed E-state index contributed by atoms with van der Waals surface area (Å²) >= 11 is 6.28. The fourth-order valence-electron chi connectivity index (χ4n) is 2.81. The second-order valence-electron chi connectivity index (χ2n) is 6.79. The second-order valence-corrected chi connectivity index (χ2v) is 8.51. The first-order valence-electron chi connectivity index (χ1n) is 9.81. The lowest BCUT2D eigenvalue weighted by atomic mass is 10.1. The van der Waals surface area contributed by atoms with Gasteiger partial charge in [-0.1, -0.05) is 36.1 Å². The number of hydrogen-bond acceptors (Lipinski definition) is 6. The molecule has 0 saturated carbocycles. The third kappa shape index (κ3) is 6.00. The van der Waals surface area contributed by atoms with Crippen LogP contribution in [-0.2, 0) is 4.79 Å². The minimum atomic E-state index is -0.174. The van der Waals surface area contributed by atoms with E-state index < -0.39 is 0 Å². The quantitative estimate of drug-likeness (QED) is 0.333. The normalized spacial score (nSPS) is 14.7. The molecule has 0 atom stereocenters. The zero-order chi connectivity index (χ0) is 21.5. The zero-order valence-corrected chi connectivity index (χ0v) is 19.0. The molecular formula is C23H25NO4S2. The van der Waals surface area contributed by atoms with Crippen LogP contribution in [-0.4, -0.2) is 30.0 Å². The number of thiocarbonyl (C=S) groups is 1. The van der Waals surface area contributed by atoms with Crippen LogP contribution in [0.25, 0.3) is 6.08 Å². The molecule has 2 aromatic carbocycles. The molecule has 1 N–H and O–H groups in total. The molecule has 1 aliphatic rings. The average molecular weight is 444 g/mol. The molecule has 1 amide bonds. The first-order chi connectivity index (χ1) is 14.5. The lowest BCUT2D eigenvalue weighted by Gasteiger charge is -2.13. The van der Waals surface area contributed by atoms with Crippen LogP contribution in [0.15, 0.2) is 41.3 Å². The number of hydrogen-bond donors (Lipinski definition) is 1. The summed E-state index contributed by atoms with van der Waals surface area (Å²) in [5, 5.41) is 2.62. The van der Waals surface area contributed by atoms with Crippen molar-refractivity contribution >= 4 is 40.3 Å². The molecule has 0 bridgehead atoms. The van der Waals surface area contributed by atoms with Crippen LogP contribution in [0, 0.1) is 13.8 Å². The average Bonchev–Trinajstić information content (AvgIpc) is 3.02. The Hall–Kier alpha value is -2.51. The van der Waals surface area contributed by atoms with Gasteiger partial charge in [0.1, 0.15) is 10.1 Å². The summed E-state index contributed by atoms with van der Waals surface area (Å²) in [6, 6.07) is 11.7. The monoisotopic (exact) mass is 443 g/mol. The van der Waals surface area contributed by atoms with Crippen LogP contribution in [0.2, 0.25) is 0 Å². The molecule has 1 fully saturated rings. The first kappa shape index (κ1) is 22.2. The Bertz CT molecular complexity index is 972. The fourth-order valence-corrected chi connectivity index (χ4v) is 3.85. The van der Waals surface area contributed by atoms with Crippen LogP contribution in [0.1, 0.15) is 30.0 Å². The molecular weight excluding hydrogens is 418 g/mol. The van der Waals surface area contributed by atoms with Gasteiger partial charge >= 0.3 is 0 Å². The summed E-state index contributed by atoms with van der Waals surface area (Å²) in [5.74, 6) is 2.02. The number of rotatable bonds is 9. The van der Waals surface area contributed by atoms with E-state index in [1.54, 1.807) is 6.08 Å². The molecule has 0 spiro atoms. The van der Waals surface area contributed by atoms with E-state index in [0.717, 1.165) is 17.7 Å². The van der Waals surface area contributed by atoms with Crippen molar-refractivity contribution in [1.29, 1.82) is 0 Å². The van der Waals surface area contributed by atoms with E-state index in [2.05, 4.69) is 25.2 Å². The topological polar surface area (TPSA) is 56.8 Å². The van der Waals surface area contributed by atoms with Gasteiger partial charge in [-0.05, 0) is 67.8 Å². The predicted molar refractivity (Wildman–Crippen MR) is 125 cm³/mol. The molecule has 3 rings (SSSR count). The molecule has 158 valence electrons. The van der Waals surface area contributed by atoms with Crippen molar-refractivity contribution in [3.8, 4) is 17.2 Å². The van der Waals surface area contributed by atoms with Gasteiger partial charge in [-0.3, -0.25) is 4.79 Å². The standard InChI is InChI=1S/C23H25NO4S2/c1-4-26-20-13-17(14-21-22(25)24-23(29)30-21)7-9-19(20)28-11-5-10-27-18-8-6-15(2)16(3)12-18/h6-9,12-14H,4-5,10-11H2,1-3H3,(H,24,25,29)/b21-14-. The highest BCUT2D eigenvalue weighted by Crippen LogP contribution is 2.32. The number of carbonyl (C=O) groups excluding carboxylic acids is 1. The van der Waals surface area contributed by atoms with Gasteiger partial charge in [0.25, 0.3) is 5.91 Å². The SMILES string of the molecule is CCOc1cc(/C=C2\SC(=S)NC2=O)ccc1OCCCOc1ccc(C)c(C)c1. The van der Waals surface area contributed by atoms with E-state index in [9.17, 15) is 4.79 Å². The maximum atomic E-state index is 11.9. The minimum absolute atomic E-state index is 0.174. The molecule has 0 radical (unpaired) electrons. The Morgan fingerprint density at radius 3 is 2.50 bits per heavy atom. The fraction of sp³-hybridized carbons (Fsp3) is 0.304. The van der Waals surface area contributed by atoms with E-state index in [-0.39, 0.29) is 5.91 Å². The number of carbonyl (C=O) groups is 1. The minimum Gasteiger partial charge on any atom is -0.493 e. The van der Waals surface area contributed by atoms with Crippen LogP contribution in [0.3, 0.4) is 0 Å². The molecule has 30 heavy (non-hydrogen) atoms. The first-order valence-corrected chi connectivity index (χ1v) is 11.0. The van der Waals surface area contributed by atoms with Crippen molar-refractivity contribution in [2.45, 2.75) is 27.2 Å². The van der Waals surface area contributed by atoms with Crippen molar-refractivity contribution < 1.29 is 19.0 Å².